The van der Waals surface area contributed by atoms with Crippen LogP contribution >= 0.6 is 23.2 Å². The number of halogens is 2. The van der Waals surface area contributed by atoms with E-state index in [0.717, 1.165) is 30.0 Å². The summed E-state index contributed by atoms with van der Waals surface area (Å²) in [7, 11) is 3.05. The third kappa shape index (κ3) is 4.49. The molecular formula is C20H22Cl2N2O3. The van der Waals surface area contributed by atoms with Crippen molar-refractivity contribution >= 4 is 34.8 Å². The highest BCUT2D eigenvalue weighted by Gasteiger charge is 2.29. The van der Waals surface area contributed by atoms with Gasteiger partial charge in [0, 0.05) is 23.2 Å². The highest BCUT2D eigenvalue weighted by Crippen LogP contribution is 2.37. The Morgan fingerprint density at radius 1 is 1.15 bits per heavy atom. The number of hydrogen-bond donors (Lipinski definition) is 1. The van der Waals surface area contributed by atoms with Crippen LogP contribution in [0.4, 0.5) is 5.69 Å². The van der Waals surface area contributed by atoms with Gasteiger partial charge in [0.15, 0.2) is 0 Å². The van der Waals surface area contributed by atoms with Crippen LogP contribution in [0.2, 0.25) is 10.0 Å². The molecule has 0 bridgehead atoms. The molecule has 0 spiro atoms. The molecule has 0 aromatic heterocycles. The number of carbonyl (C=O) groups excluding carboxylic acids is 1. The molecule has 0 aliphatic carbocycles. The van der Waals surface area contributed by atoms with E-state index in [1.807, 2.05) is 24.3 Å². The van der Waals surface area contributed by atoms with Crippen molar-refractivity contribution in [2.24, 2.45) is 0 Å². The van der Waals surface area contributed by atoms with Gasteiger partial charge in [-0.15, -0.1) is 0 Å². The lowest BCUT2D eigenvalue weighted by Gasteiger charge is -2.25. The molecule has 1 fully saturated rings. The molecule has 1 aliphatic heterocycles. The Hall–Kier alpha value is -1.95. The van der Waals surface area contributed by atoms with E-state index in [9.17, 15) is 4.79 Å². The van der Waals surface area contributed by atoms with E-state index < -0.39 is 0 Å². The minimum absolute atomic E-state index is 0.128. The smallest absolute Gasteiger partial charge is 0.238 e. The number of carbonyl (C=O) groups is 1. The van der Waals surface area contributed by atoms with Crippen molar-refractivity contribution in [2.75, 3.05) is 32.6 Å². The predicted octanol–water partition coefficient (Wildman–Crippen LogP) is 4.79. The van der Waals surface area contributed by atoms with Crippen LogP contribution in [0.1, 0.15) is 24.4 Å². The first-order valence-corrected chi connectivity index (χ1v) is 9.49. The number of benzene rings is 2. The van der Waals surface area contributed by atoms with Crippen molar-refractivity contribution in [3.8, 4) is 11.5 Å². The second-order valence-electron chi connectivity index (χ2n) is 6.39. The van der Waals surface area contributed by atoms with Crippen molar-refractivity contribution in [1.29, 1.82) is 0 Å². The lowest BCUT2D eigenvalue weighted by molar-refractivity contribution is -0.117. The summed E-state index contributed by atoms with van der Waals surface area (Å²) >= 11 is 12.5. The zero-order valence-electron chi connectivity index (χ0n) is 15.3. The van der Waals surface area contributed by atoms with Gasteiger partial charge in [0.25, 0.3) is 0 Å². The van der Waals surface area contributed by atoms with Crippen LogP contribution in [0.3, 0.4) is 0 Å². The van der Waals surface area contributed by atoms with Gasteiger partial charge in [-0.2, -0.15) is 0 Å². The van der Waals surface area contributed by atoms with E-state index in [1.54, 1.807) is 12.1 Å². The first-order chi connectivity index (χ1) is 13.0. The average Bonchev–Trinajstić information content (AvgIpc) is 3.10. The summed E-state index contributed by atoms with van der Waals surface area (Å²) < 4.78 is 10.5. The van der Waals surface area contributed by atoms with Gasteiger partial charge >= 0.3 is 0 Å². The Morgan fingerprint density at radius 3 is 2.59 bits per heavy atom. The SMILES string of the molecule is COc1cc(NC(=O)CN2CCCC2c2ccccc2Cl)c(OC)cc1Cl. The van der Waals surface area contributed by atoms with Crippen LogP contribution in [-0.2, 0) is 4.79 Å². The third-order valence-corrected chi connectivity index (χ3v) is 5.36. The van der Waals surface area contributed by atoms with E-state index in [2.05, 4.69) is 10.2 Å². The molecule has 2 aromatic carbocycles. The first kappa shape index (κ1) is 19.8. The van der Waals surface area contributed by atoms with Crippen LogP contribution < -0.4 is 14.8 Å². The van der Waals surface area contributed by atoms with E-state index in [1.165, 1.54) is 14.2 Å². The molecule has 1 N–H and O–H groups in total. The zero-order chi connectivity index (χ0) is 19.4. The third-order valence-electron chi connectivity index (χ3n) is 4.72. The Bertz CT molecular complexity index is 829. The molecule has 1 aliphatic rings. The van der Waals surface area contributed by atoms with E-state index in [4.69, 9.17) is 32.7 Å². The maximum absolute atomic E-state index is 12.7. The normalized spacial score (nSPS) is 17.0. The number of likely N-dealkylation sites (tertiary alicyclic amines) is 1. The Balaban J connectivity index is 1.73. The molecule has 5 nitrogen and oxygen atoms in total. The van der Waals surface area contributed by atoms with Gasteiger partial charge < -0.3 is 14.8 Å². The lowest BCUT2D eigenvalue weighted by atomic mass is 10.0. The van der Waals surface area contributed by atoms with Crippen LogP contribution in [0.15, 0.2) is 36.4 Å². The molecule has 0 saturated carbocycles. The summed E-state index contributed by atoms with van der Waals surface area (Å²) in [6.07, 6.45) is 2.01. The fourth-order valence-electron chi connectivity index (χ4n) is 3.45. The molecule has 2 aromatic rings. The molecule has 0 radical (unpaired) electrons. The standard InChI is InChI=1S/C20H22Cl2N2O3/c1-26-18-11-16(19(27-2)10-15(18)22)23-20(25)12-24-9-5-8-17(24)13-6-3-4-7-14(13)21/h3-4,6-7,10-11,17H,5,8-9,12H2,1-2H3,(H,23,25). The van der Waals surface area contributed by atoms with Crippen molar-refractivity contribution in [2.45, 2.75) is 18.9 Å². The highest BCUT2D eigenvalue weighted by atomic mass is 35.5. The number of rotatable bonds is 6. The van der Waals surface area contributed by atoms with Gasteiger partial charge in [-0.3, -0.25) is 9.69 Å². The van der Waals surface area contributed by atoms with Gasteiger partial charge in [0.2, 0.25) is 5.91 Å². The highest BCUT2D eigenvalue weighted by molar-refractivity contribution is 6.32. The molecule has 1 atom stereocenters. The average molecular weight is 409 g/mol. The van der Waals surface area contributed by atoms with Crippen LogP contribution in [0, 0.1) is 0 Å². The minimum Gasteiger partial charge on any atom is -0.495 e. The van der Waals surface area contributed by atoms with Gasteiger partial charge in [-0.25, -0.2) is 0 Å². The van der Waals surface area contributed by atoms with Crippen molar-refractivity contribution < 1.29 is 14.3 Å². The maximum atomic E-state index is 12.7. The molecule has 1 saturated heterocycles. The lowest BCUT2D eigenvalue weighted by Crippen LogP contribution is -2.33. The topological polar surface area (TPSA) is 50.8 Å². The summed E-state index contributed by atoms with van der Waals surface area (Å²) in [5, 5.41) is 4.06. The minimum atomic E-state index is -0.128. The second-order valence-corrected chi connectivity index (χ2v) is 7.20. The summed E-state index contributed by atoms with van der Waals surface area (Å²) in [6, 6.07) is 11.2. The van der Waals surface area contributed by atoms with E-state index >= 15 is 0 Å². The monoisotopic (exact) mass is 408 g/mol. The molecule has 1 unspecified atom stereocenters. The number of amides is 1. The fraction of sp³-hybridized carbons (Fsp3) is 0.350. The predicted molar refractivity (Wildman–Crippen MR) is 108 cm³/mol. The van der Waals surface area contributed by atoms with Gasteiger partial charge in [0.05, 0.1) is 31.5 Å². The number of hydrogen-bond acceptors (Lipinski definition) is 4. The summed E-state index contributed by atoms with van der Waals surface area (Å²) in [4.78, 5) is 14.8. The molecule has 144 valence electrons. The molecule has 7 heteroatoms. The van der Waals surface area contributed by atoms with E-state index in [0.29, 0.717) is 22.2 Å². The summed E-state index contributed by atoms with van der Waals surface area (Å²) in [5.41, 5.74) is 1.59. The zero-order valence-corrected chi connectivity index (χ0v) is 16.8. The Labute approximate surface area is 169 Å². The first-order valence-electron chi connectivity index (χ1n) is 8.73. The number of nitrogens with one attached hydrogen (secondary N) is 1. The molecule has 1 heterocycles. The van der Waals surface area contributed by atoms with Crippen LogP contribution in [0.5, 0.6) is 11.5 Å². The van der Waals surface area contributed by atoms with Gasteiger partial charge in [-0.1, -0.05) is 41.4 Å². The number of nitrogens with zero attached hydrogens (tertiary/aromatic N) is 1. The second kappa shape index (κ2) is 8.83. The van der Waals surface area contributed by atoms with Crippen LogP contribution in [0.25, 0.3) is 0 Å². The molecule has 27 heavy (non-hydrogen) atoms. The Kier molecular flexibility index (Phi) is 6.47. The molecule has 3 rings (SSSR count). The number of methoxy groups -OCH3 is 2. The summed E-state index contributed by atoms with van der Waals surface area (Å²) in [6.45, 7) is 1.12. The number of ether oxygens (including phenoxy) is 2. The van der Waals surface area contributed by atoms with Gasteiger partial charge in [-0.05, 0) is 31.0 Å². The van der Waals surface area contributed by atoms with Gasteiger partial charge in [0.1, 0.15) is 11.5 Å². The fourth-order valence-corrected chi connectivity index (χ4v) is 3.94. The molecule has 1 amide bonds. The summed E-state index contributed by atoms with van der Waals surface area (Å²) in [5.74, 6) is 0.831. The maximum Gasteiger partial charge on any atom is 0.238 e. The molecular weight excluding hydrogens is 387 g/mol. The van der Waals surface area contributed by atoms with Crippen molar-refractivity contribution in [3.05, 3.63) is 52.0 Å². The van der Waals surface area contributed by atoms with Crippen LogP contribution in [-0.4, -0.2) is 38.1 Å². The quantitative estimate of drug-likeness (QED) is 0.746. The van der Waals surface area contributed by atoms with Crippen molar-refractivity contribution in [1.82, 2.24) is 4.90 Å². The Morgan fingerprint density at radius 2 is 1.89 bits per heavy atom. The van der Waals surface area contributed by atoms with Crippen molar-refractivity contribution in [3.63, 3.8) is 0 Å². The number of anilines is 1. The largest absolute Gasteiger partial charge is 0.495 e. The van der Waals surface area contributed by atoms with E-state index in [-0.39, 0.29) is 18.5 Å².